The minimum Gasteiger partial charge on any atom is -0.317 e. The number of nitrogens with zero attached hydrogens (tertiary/aromatic N) is 1. The molecule has 1 atom stereocenters. The molecule has 0 spiro atoms. The molecule has 0 radical (unpaired) electrons. The number of halogens is 1. The van der Waals surface area contributed by atoms with Gasteiger partial charge in [-0.1, -0.05) is 20.3 Å². The fraction of sp³-hybridized carbons (Fsp3) is 1.00. The van der Waals surface area contributed by atoms with Gasteiger partial charge in [0.25, 0.3) is 0 Å². The SMILES string of the molecule is CCCC(C)CS(=O)(=O)N1CCC(NC)CC1.Cl. The van der Waals surface area contributed by atoms with Crippen molar-refractivity contribution in [2.45, 2.75) is 45.6 Å². The van der Waals surface area contributed by atoms with Crippen molar-refractivity contribution in [3.8, 4) is 0 Å². The fourth-order valence-corrected chi connectivity index (χ4v) is 4.33. The molecule has 1 saturated heterocycles. The van der Waals surface area contributed by atoms with Gasteiger partial charge in [-0.2, -0.15) is 0 Å². The lowest BCUT2D eigenvalue weighted by Crippen LogP contribution is -2.45. The summed E-state index contributed by atoms with van der Waals surface area (Å²) in [6.07, 6.45) is 3.90. The van der Waals surface area contributed by atoms with Gasteiger partial charge in [-0.05, 0) is 32.2 Å². The second-order valence-corrected chi connectivity index (χ2v) is 7.15. The third kappa shape index (κ3) is 5.43. The molecule has 1 fully saturated rings. The van der Waals surface area contributed by atoms with Crippen LogP contribution in [-0.4, -0.2) is 44.7 Å². The van der Waals surface area contributed by atoms with Gasteiger partial charge in [0.05, 0.1) is 5.75 Å². The number of nitrogens with one attached hydrogen (secondary N) is 1. The van der Waals surface area contributed by atoms with E-state index in [2.05, 4.69) is 12.2 Å². The van der Waals surface area contributed by atoms with Crippen LogP contribution in [-0.2, 0) is 10.0 Å². The van der Waals surface area contributed by atoms with E-state index < -0.39 is 10.0 Å². The first kappa shape index (κ1) is 18.2. The predicted octanol–water partition coefficient (Wildman–Crippen LogP) is 1.86. The molecule has 0 bridgehead atoms. The summed E-state index contributed by atoms with van der Waals surface area (Å²) in [5.41, 5.74) is 0. The van der Waals surface area contributed by atoms with Crippen LogP contribution in [0.15, 0.2) is 0 Å². The van der Waals surface area contributed by atoms with Crippen molar-refractivity contribution >= 4 is 22.4 Å². The monoisotopic (exact) mass is 298 g/mol. The molecule has 1 aliphatic heterocycles. The van der Waals surface area contributed by atoms with Crippen LogP contribution in [0.25, 0.3) is 0 Å². The predicted molar refractivity (Wildman–Crippen MR) is 78.8 cm³/mol. The first-order valence-corrected chi connectivity index (χ1v) is 8.25. The van der Waals surface area contributed by atoms with E-state index in [4.69, 9.17) is 0 Å². The summed E-state index contributed by atoms with van der Waals surface area (Å²) in [6, 6.07) is 0.481. The molecular formula is C12H27ClN2O2S. The molecule has 4 nitrogen and oxygen atoms in total. The molecule has 1 N–H and O–H groups in total. The Morgan fingerprint density at radius 3 is 2.33 bits per heavy atom. The van der Waals surface area contributed by atoms with Gasteiger partial charge in [0, 0.05) is 19.1 Å². The molecule has 0 aromatic carbocycles. The molecule has 1 unspecified atom stereocenters. The Bertz CT molecular complexity index is 314. The van der Waals surface area contributed by atoms with Crippen molar-refractivity contribution < 1.29 is 8.42 Å². The molecule has 0 aromatic heterocycles. The molecule has 0 aromatic rings. The zero-order valence-electron chi connectivity index (χ0n) is 11.7. The highest BCUT2D eigenvalue weighted by atomic mass is 35.5. The van der Waals surface area contributed by atoms with Crippen LogP contribution in [0, 0.1) is 5.92 Å². The van der Waals surface area contributed by atoms with Gasteiger partial charge in [-0.15, -0.1) is 12.4 Å². The van der Waals surface area contributed by atoms with E-state index in [-0.39, 0.29) is 18.3 Å². The second-order valence-electron chi connectivity index (χ2n) is 5.13. The van der Waals surface area contributed by atoms with Crippen LogP contribution in [0.1, 0.15) is 39.5 Å². The maximum absolute atomic E-state index is 12.2. The lowest BCUT2D eigenvalue weighted by atomic mass is 10.1. The second kappa shape index (κ2) is 8.35. The summed E-state index contributed by atoms with van der Waals surface area (Å²) in [5, 5.41) is 3.22. The maximum Gasteiger partial charge on any atom is 0.214 e. The molecular weight excluding hydrogens is 272 g/mol. The number of rotatable bonds is 6. The molecule has 18 heavy (non-hydrogen) atoms. The van der Waals surface area contributed by atoms with Gasteiger partial charge in [-0.25, -0.2) is 12.7 Å². The van der Waals surface area contributed by atoms with E-state index in [1.165, 1.54) is 0 Å². The van der Waals surface area contributed by atoms with Gasteiger partial charge in [0.2, 0.25) is 10.0 Å². The van der Waals surface area contributed by atoms with Crippen molar-refractivity contribution in [3.63, 3.8) is 0 Å². The molecule has 110 valence electrons. The summed E-state index contributed by atoms with van der Waals surface area (Å²) in [7, 11) is -1.09. The molecule has 1 heterocycles. The van der Waals surface area contributed by atoms with E-state index >= 15 is 0 Å². The summed E-state index contributed by atoms with van der Waals surface area (Å²) in [6.45, 7) is 5.47. The van der Waals surface area contributed by atoms with Crippen molar-refractivity contribution in [1.82, 2.24) is 9.62 Å². The van der Waals surface area contributed by atoms with Gasteiger partial charge < -0.3 is 5.32 Å². The largest absolute Gasteiger partial charge is 0.317 e. The van der Waals surface area contributed by atoms with Crippen molar-refractivity contribution in [2.75, 3.05) is 25.9 Å². The van der Waals surface area contributed by atoms with Crippen LogP contribution in [0.2, 0.25) is 0 Å². The minimum atomic E-state index is -3.03. The number of hydrogen-bond acceptors (Lipinski definition) is 3. The van der Waals surface area contributed by atoms with Crippen LogP contribution in [0.3, 0.4) is 0 Å². The molecule has 1 rings (SSSR count). The third-order valence-electron chi connectivity index (χ3n) is 3.53. The Morgan fingerprint density at radius 2 is 1.89 bits per heavy atom. The topological polar surface area (TPSA) is 49.4 Å². The Labute approximate surface area is 118 Å². The third-order valence-corrected chi connectivity index (χ3v) is 5.67. The minimum absolute atomic E-state index is 0. The standard InChI is InChI=1S/C12H26N2O2S.ClH/c1-4-5-11(2)10-17(15,16)14-8-6-12(13-3)7-9-14;/h11-13H,4-10H2,1-3H3;1H. The smallest absolute Gasteiger partial charge is 0.214 e. The van der Waals surface area contributed by atoms with E-state index in [1.54, 1.807) is 4.31 Å². The number of hydrogen-bond donors (Lipinski definition) is 1. The van der Waals surface area contributed by atoms with Crippen LogP contribution >= 0.6 is 12.4 Å². The fourth-order valence-electron chi connectivity index (χ4n) is 2.46. The Balaban J connectivity index is 0.00000289. The van der Waals surface area contributed by atoms with E-state index in [1.807, 2.05) is 14.0 Å². The molecule has 0 saturated carbocycles. The highest BCUT2D eigenvalue weighted by Gasteiger charge is 2.28. The van der Waals surface area contributed by atoms with Gasteiger partial charge >= 0.3 is 0 Å². The van der Waals surface area contributed by atoms with Gasteiger partial charge in [0.1, 0.15) is 0 Å². The van der Waals surface area contributed by atoms with Crippen molar-refractivity contribution in [2.24, 2.45) is 5.92 Å². The Kier molecular flexibility index (Phi) is 8.43. The summed E-state index contributed by atoms with van der Waals surface area (Å²) in [4.78, 5) is 0. The summed E-state index contributed by atoms with van der Waals surface area (Å²) >= 11 is 0. The molecule has 6 heteroatoms. The molecule has 0 aliphatic carbocycles. The number of sulfonamides is 1. The average Bonchev–Trinajstić information content (AvgIpc) is 2.28. The van der Waals surface area contributed by atoms with Gasteiger partial charge in [-0.3, -0.25) is 0 Å². The van der Waals surface area contributed by atoms with Crippen LogP contribution in [0.5, 0.6) is 0 Å². The van der Waals surface area contributed by atoms with Gasteiger partial charge in [0.15, 0.2) is 0 Å². The number of piperidine rings is 1. The van der Waals surface area contributed by atoms with E-state index in [9.17, 15) is 8.42 Å². The molecule has 0 amide bonds. The zero-order valence-corrected chi connectivity index (χ0v) is 13.3. The van der Waals surface area contributed by atoms with Crippen LogP contribution < -0.4 is 5.32 Å². The quantitative estimate of drug-likeness (QED) is 0.814. The first-order chi connectivity index (χ1) is 7.99. The Hall–Kier alpha value is 0.160. The maximum atomic E-state index is 12.2. The van der Waals surface area contributed by atoms with Crippen LogP contribution in [0.4, 0.5) is 0 Å². The summed E-state index contributed by atoms with van der Waals surface area (Å²) < 4.78 is 26.0. The lowest BCUT2D eigenvalue weighted by Gasteiger charge is -2.31. The van der Waals surface area contributed by atoms with Crippen molar-refractivity contribution in [3.05, 3.63) is 0 Å². The lowest BCUT2D eigenvalue weighted by molar-refractivity contribution is 0.296. The zero-order chi connectivity index (χ0) is 12.9. The van der Waals surface area contributed by atoms with E-state index in [0.717, 1.165) is 25.7 Å². The Morgan fingerprint density at radius 1 is 1.33 bits per heavy atom. The first-order valence-electron chi connectivity index (χ1n) is 6.64. The molecule has 1 aliphatic rings. The highest BCUT2D eigenvalue weighted by Crippen LogP contribution is 2.17. The van der Waals surface area contributed by atoms with Crippen molar-refractivity contribution in [1.29, 1.82) is 0 Å². The highest BCUT2D eigenvalue weighted by molar-refractivity contribution is 7.89. The average molecular weight is 299 g/mol. The summed E-state index contributed by atoms with van der Waals surface area (Å²) in [5.74, 6) is 0.581. The van der Waals surface area contributed by atoms with E-state index in [0.29, 0.717) is 24.9 Å². The normalized spacial score (nSPS) is 20.4.